The fraction of sp³-hybridized carbons (Fsp3) is 0.444. The molecule has 2 atom stereocenters. The SMILES string of the molecule is CCOC(=O)[C@@H]1CCC[NH+](Cc2cc(Cl)c3cccnc3c2O)C1. The number of phenolic OH excluding ortho intramolecular Hbond substituents is 1. The van der Waals surface area contributed by atoms with Gasteiger partial charge >= 0.3 is 5.97 Å². The molecule has 0 spiro atoms. The number of carbonyl (C=O) groups excluding carboxylic acids is 1. The zero-order chi connectivity index (χ0) is 17.1. The largest absolute Gasteiger partial charge is 0.505 e. The average molecular weight is 350 g/mol. The standard InChI is InChI=1S/C18H21ClN2O3/c1-2-24-18(23)12-5-4-8-21(10-12)11-13-9-15(19)14-6-3-7-20-16(14)17(13)22/h3,6-7,9,12,22H,2,4-5,8,10-11H2,1H3/p+1/t12-/m1/s1. The van der Waals surface area contributed by atoms with E-state index in [4.69, 9.17) is 16.3 Å². The van der Waals surface area contributed by atoms with Crippen molar-refractivity contribution in [1.29, 1.82) is 0 Å². The topological polar surface area (TPSA) is 63.9 Å². The number of carbonyl (C=O) groups is 1. The molecule has 2 N–H and O–H groups in total. The van der Waals surface area contributed by atoms with Crippen molar-refractivity contribution in [2.45, 2.75) is 26.3 Å². The Morgan fingerprint density at radius 2 is 2.38 bits per heavy atom. The molecule has 1 aliphatic rings. The number of fused-ring (bicyclic) bond motifs is 1. The number of piperidine rings is 1. The Bertz CT molecular complexity index is 750. The number of benzene rings is 1. The molecule has 0 radical (unpaired) electrons. The van der Waals surface area contributed by atoms with Crippen molar-refractivity contribution in [3.05, 3.63) is 35.0 Å². The van der Waals surface area contributed by atoms with Gasteiger partial charge in [-0.1, -0.05) is 11.6 Å². The summed E-state index contributed by atoms with van der Waals surface area (Å²) >= 11 is 6.34. The van der Waals surface area contributed by atoms with Gasteiger partial charge in [-0.25, -0.2) is 0 Å². The van der Waals surface area contributed by atoms with Crippen LogP contribution in [-0.2, 0) is 16.1 Å². The molecule has 5 nitrogen and oxygen atoms in total. The number of esters is 1. The van der Waals surface area contributed by atoms with Crippen LogP contribution in [0, 0.1) is 5.92 Å². The molecule has 1 fully saturated rings. The van der Waals surface area contributed by atoms with Gasteiger partial charge in [0.1, 0.15) is 18.0 Å². The van der Waals surface area contributed by atoms with Gasteiger partial charge in [-0.3, -0.25) is 9.78 Å². The second kappa shape index (κ2) is 7.36. The Morgan fingerprint density at radius 1 is 1.54 bits per heavy atom. The van der Waals surface area contributed by atoms with Gasteiger partial charge < -0.3 is 14.7 Å². The predicted octanol–water partition coefficient (Wildman–Crippen LogP) is 1.95. The predicted molar refractivity (Wildman–Crippen MR) is 92.2 cm³/mol. The van der Waals surface area contributed by atoms with E-state index in [0.717, 1.165) is 36.9 Å². The number of phenols is 1. The van der Waals surface area contributed by atoms with Gasteiger partial charge in [0, 0.05) is 11.6 Å². The number of nitrogens with one attached hydrogen (secondary N) is 1. The molecule has 0 saturated carbocycles. The third-order valence-electron chi connectivity index (χ3n) is 4.57. The summed E-state index contributed by atoms with van der Waals surface area (Å²) in [7, 11) is 0. The molecule has 1 saturated heterocycles. The first-order valence-electron chi connectivity index (χ1n) is 8.35. The Kier molecular flexibility index (Phi) is 5.21. The highest BCUT2D eigenvalue weighted by atomic mass is 35.5. The second-order valence-electron chi connectivity index (χ2n) is 6.24. The second-order valence-corrected chi connectivity index (χ2v) is 6.64. The molecule has 1 aromatic carbocycles. The van der Waals surface area contributed by atoms with Crippen molar-refractivity contribution < 1.29 is 19.5 Å². The maximum atomic E-state index is 12.0. The van der Waals surface area contributed by atoms with Gasteiger partial charge in [0.05, 0.1) is 30.3 Å². The van der Waals surface area contributed by atoms with Gasteiger partial charge in [-0.2, -0.15) is 0 Å². The molecule has 128 valence electrons. The number of aromatic hydroxyl groups is 1. The monoisotopic (exact) mass is 349 g/mol. The van der Waals surface area contributed by atoms with Crippen LogP contribution < -0.4 is 4.90 Å². The van der Waals surface area contributed by atoms with Crippen molar-refractivity contribution in [1.82, 2.24) is 4.98 Å². The Labute approximate surface area is 146 Å². The van der Waals surface area contributed by atoms with Crippen LogP contribution in [0.15, 0.2) is 24.4 Å². The number of quaternary nitrogens is 1. The molecule has 2 heterocycles. The number of rotatable bonds is 4. The molecular weight excluding hydrogens is 328 g/mol. The number of nitrogens with zero attached hydrogens (tertiary/aromatic N) is 1. The Balaban J connectivity index is 1.79. The molecule has 0 amide bonds. The number of hydrogen-bond acceptors (Lipinski definition) is 4. The summed E-state index contributed by atoms with van der Waals surface area (Å²) in [5, 5.41) is 11.9. The molecule has 1 aromatic heterocycles. The van der Waals surface area contributed by atoms with Crippen LogP contribution >= 0.6 is 11.6 Å². The first-order valence-corrected chi connectivity index (χ1v) is 8.73. The molecule has 6 heteroatoms. The Morgan fingerprint density at radius 3 is 3.17 bits per heavy atom. The quantitative estimate of drug-likeness (QED) is 0.828. The van der Waals surface area contributed by atoms with E-state index in [2.05, 4.69) is 4.98 Å². The van der Waals surface area contributed by atoms with E-state index in [1.54, 1.807) is 12.3 Å². The minimum atomic E-state index is -0.114. The molecule has 1 unspecified atom stereocenters. The van der Waals surface area contributed by atoms with Crippen molar-refractivity contribution in [2.24, 2.45) is 5.92 Å². The summed E-state index contributed by atoms with van der Waals surface area (Å²) in [4.78, 5) is 17.5. The molecule has 0 aliphatic carbocycles. The summed E-state index contributed by atoms with van der Waals surface area (Å²) in [6, 6.07) is 5.45. The van der Waals surface area contributed by atoms with Crippen molar-refractivity contribution in [2.75, 3.05) is 19.7 Å². The van der Waals surface area contributed by atoms with Crippen molar-refractivity contribution in [3.63, 3.8) is 0 Å². The summed E-state index contributed by atoms with van der Waals surface area (Å²) in [6.07, 6.45) is 3.49. The van der Waals surface area contributed by atoms with Crippen LogP contribution in [0.4, 0.5) is 0 Å². The van der Waals surface area contributed by atoms with Gasteiger partial charge in [-0.15, -0.1) is 0 Å². The third-order valence-corrected chi connectivity index (χ3v) is 4.89. The summed E-state index contributed by atoms with van der Waals surface area (Å²) in [6.45, 7) is 4.54. The molecule has 0 bridgehead atoms. The number of halogens is 1. The summed E-state index contributed by atoms with van der Waals surface area (Å²) in [5.41, 5.74) is 1.30. The van der Waals surface area contributed by atoms with Crippen LogP contribution in [-0.4, -0.2) is 35.8 Å². The van der Waals surface area contributed by atoms with Crippen LogP contribution in [0.5, 0.6) is 5.75 Å². The van der Waals surface area contributed by atoms with Gasteiger partial charge in [0.25, 0.3) is 0 Å². The zero-order valence-corrected chi connectivity index (χ0v) is 14.5. The van der Waals surface area contributed by atoms with Crippen molar-refractivity contribution in [3.8, 4) is 5.75 Å². The lowest BCUT2D eigenvalue weighted by Gasteiger charge is -2.29. The lowest BCUT2D eigenvalue weighted by atomic mass is 9.97. The first kappa shape index (κ1) is 17.0. The number of ether oxygens (including phenoxy) is 1. The van der Waals surface area contributed by atoms with E-state index in [-0.39, 0.29) is 17.6 Å². The number of likely N-dealkylation sites (tertiary alicyclic amines) is 1. The molecule has 2 aromatic rings. The van der Waals surface area contributed by atoms with Gasteiger partial charge in [-0.05, 0) is 38.0 Å². The van der Waals surface area contributed by atoms with E-state index >= 15 is 0 Å². The summed E-state index contributed by atoms with van der Waals surface area (Å²) < 4.78 is 5.15. The molecular formula is C18H22ClN2O3+. The smallest absolute Gasteiger partial charge is 0.314 e. The lowest BCUT2D eigenvalue weighted by molar-refractivity contribution is -0.921. The maximum Gasteiger partial charge on any atom is 0.314 e. The third kappa shape index (κ3) is 3.47. The van der Waals surface area contributed by atoms with E-state index in [9.17, 15) is 9.90 Å². The lowest BCUT2D eigenvalue weighted by Crippen LogP contribution is -3.12. The van der Waals surface area contributed by atoms with Gasteiger partial charge in [0.2, 0.25) is 0 Å². The summed E-state index contributed by atoms with van der Waals surface area (Å²) in [5.74, 6) is 0.00258. The highest BCUT2D eigenvalue weighted by Gasteiger charge is 2.30. The van der Waals surface area contributed by atoms with Crippen molar-refractivity contribution >= 4 is 28.5 Å². The van der Waals surface area contributed by atoms with E-state index in [1.807, 2.05) is 19.1 Å². The van der Waals surface area contributed by atoms with E-state index in [1.165, 1.54) is 4.90 Å². The minimum Gasteiger partial charge on any atom is -0.505 e. The van der Waals surface area contributed by atoms with Crippen LogP contribution in [0.1, 0.15) is 25.3 Å². The fourth-order valence-corrected chi connectivity index (χ4v) is 3.70. The highest BCUT2D eigenvalue weighted by Crippen LogP contribution is 2.32. The minimum absolute atomic E-state index is 0.0649. The van der Waals surface area contributed by atoms with Crippen LogP contribution in [0.2, 0.25) is 5.02 Å². The average Bonchev–Trinajstić information content (AvgIpc) is 2.60. The normalized spacial score (nSPS) is 20.9. The zero-order valence-electron chi connectivity index (χ0n) is 13.7. The number of hydrogen-bond donors (Lipinski definition) is 2. The number of aromatic nitrogens is 1. The molecule has 1 aliphatic heterocycles. The van der Waals surface area contributed by atoms with Crippen LogP contribution in [0.3, 0.4) is 0 Å². The highest BCUT2D eigenvalue weighted by molar-refractivity contribution is 6.35. The fourth-order valence-electron chi connectivity index (χ4n) is 3.41. The van der Waals surface area contributed by atoms with E-state index < -0.39 is 0 Å². The first-order chi connectivity index (χ1) is 11.6. The maximum absolute atomic E-state index is 12.0. The molecule has 3 rings (SSSR count). The van der Waals surface area contributed by atoms with E-state index in [0.29, 0.717) is 23.7 Å². The Hall–Kier alpha value is -1.85. The number of pyridine rings is 1. The van der Waals surface area contributed by atoms with Gasteiger partial charge in [0.15, 0.2) is 5.75 Å². The molecule has 24 heavy (non-hydrogen) atoms. The van der Waals surface area contributed by atoms with Crippen LogP contribution in [0.25, 0.3) is 10.9 Å².